The standard InChI is InChI=1S/C16H23NO2S/c1-13-4-5-15(14(2)12-13)6-7-16(19)17-8-11-20-10-3-9-18/h4-7,12,18H,3,8-11H2,1-2H3,(H,17,19)/b7-6+. The van der Waals surface area contributed by atoms with Gasteiger partial charge in [0.05, 0.1) is 0 Å². The molecule has 0 aliphatic rings. The predicted molar refractivity (Wildman–Crippen MR) is 87.0 cm³/mol. The molecule has 3 nitrogen and oxygen atoms in total. The molecule has 1 aromatic carbocycles. The Balaban J connectivity index is 2.29. The minimum absolute atomic E-state index is 0.0623. The molecular weight excluding hydrogens is 270 g/mol. The summed E-state index contributed by atoms with van der Waals surface area (Å²) in [5, 5.41) is 11.5. The second-order valence-corrected chi connectivity index (χ2v) is 5.90. The van der Waals surface area contributed by atoms with Crippen molar-refractivity contribution in [2.75, 3.05) is 24.7 Å². The molecule has 110 valence electrons. The van der Waals surface area contributed by atoms with Crippen LogP contribution in [-0.4, -0.2) is 35.7 Å². The Hall–Kier alpha value is -1.26. The van der Waals surface area contributed by atoms with Crippen LogP contribution in [0.3, 0.4) is 0 Å². The van der Waals surface area contributed by atoms with Crippen LogP contribution >= 0.6 is 11.8 Å². The van der Waals surface area contributed by atoms with Crippen molar-refractivity contribution < 1.29 is 9.90 Å². The lowest BCUT2D eigenvalue weighted by molar-refractivity contribution is -0.116. The first-order chi connectivity index (χ1) is 9.63. The zero-order valence-electron chi connectivity index (χ0n) is 12.2. The van der Waals surface area contributed by atoms with Crippen LogP contribution in [0.1, 0.15) is 23.1 Å². The maximum Gasteiger partial charge on any atom is 0.244 e. The molecule has 1 aromatic rings. The number of rotatable bonds is 8. The largest absolute Gasteiger partial charge is 0.396 e. The second kappa shape index (κ2) is 9.61. The zero-order chi connectivity index (χ0) is 14.8. The number of carbonyl (C=O) groups excluding carboxylic acids is 1. The van der Waals surface area contributed by atoms with Crippen LogP contribution in [0.15, 0.2) is 24.3 Å². The normalized spacial score (nSPS) is 10.9. The molecule has 0 radical (unpaired) electrons. The molecule has 20 heavy (non-hydrogen) atoms. The highest BCUT2D eigenvalue weighted by Crippen LogP contribution is 2.11. The van der Waals surface area contributed by atoms with Crippen LogP contribution in [0.4, 0.5) is 0 Å². The third kappa shape index (κ3) is 6.78. The van der Waals surface area contributed by atoms with Crippen molar-refractivity contribution in [3.63, 3.8) is 0 Å². The molecule has 0 fully saturated rings. The van der Waals surface area contributed by atoms with E-state index in [9.17, 15) is 4.79 Å². The van der Waals surface area contributed by atoms with Gasteiger partial charge in [-0.3, -0.25) is 4.79 Å². The van der Waals surface area contributed by atoms with Gasteiger partial charge in [-0.2, -0.15) is 11.8 Å². The Bertz CT molecular complexity index is 458. The average molecular weight is 293 g/mol. The van der Waals surface area contributed by atoms with Crippen LogP contribution in [0.25, 0.3) is 6.08 Å². The molecule has 0 bridgehead atoms. The summed E-state index contributed by atoms with van der Waals surface area (Å²) in [6, 6.07) is 6.18. The van der Waals surface area contributed by atoms with E-state index in [-0.39, 0.29) is 12.5 Å². The van der Waals surface area contributed by atoms with Gasteiger partial charge in [0.25, 0.3) is 0 Å². The third-order valence-corrected chi connectivity index (χ3v) is 3.90. The molecule has 0 spiro atoms. The first kappa shape index (κ1) is 16.8. The molecule has 0 aromatic heterocycles. The number of aliphatic hydroxyl groups is 1. The van der Waals surface area contributed by atoms with Gasteiger partial charge >= 0.3 is 0 Å². The van der Waals surface area contributed by atoms with Crippen LogP contribution < -0.4 is 5.32 Å². The molecule has 1 amide bonds. The van der Waals surface area contributed by atoms with Gasteiger partial charge < -0.3 is 10.4 Å². The second-order valence-electron chi connectivity index (χ2n) is 4.67. The number of amides is 1. The molecule has 2 N–H and O–H groups in total. The van der Waals surface area contributed by atoms with Crippen molar-refractivity contribution in [2.45, 2.75) is 20.3 Å². The topological polar surface area (TPSA) is 49.3 Å². The number of hydrogen-bond acceptors (Lipinski definition) is 3. The van der Waals surface area contributed by atoms with Crippen LogP contribution in [0, 0.1) is 13.8 Å². The van der Waals surface area contributed by atoms with E-state index in [0.717, 1.165) is 23.5 Å². The van der Waals surface area contributed by atoms with Gasteiger partial charge in [-0.05, 0) is 43.2 Å². The Morgan fingerprint density at radius 1 is 1.35 bits per heavy atom. The summed E-state index contributed by atoms with van der Waals surface area (Å²) < 4.78 is 0. The van der Waals surface area contributed by atoms with Crippen LogP contribution in [0.5, 0.6) is 0 Å². The highest BCUT2D eigenvalue weighted by molar-refractivity contribution is 7.99. The fourth-order valence-corrected chi connectivity index (χ4v) is 2.54. The number of benzene rings is 1. The van der Waals surface area contributed by atoms with Crippen LogP contribution in [-0.2, 0) is 4.79 Å². The van der Waals surface area contributed by atoms with E-state index in [0.29, 0.717) is 6.54 Å². The summed E-state index contributed by atoms with van der Waals surface area (Å²) >= 11 is 1.74. The zero-order valence-corrected chi connectivity index (χ0v) is 13.0. The van der Waals surface area contributed by atoms with Crippen molar-refractivity contribution in [2.24, 2.45) is 0 Å². The number of thioether (sulfide) groups is 1. The van der Waals surface area contributed by atoms with Crippen molar-refractivity contribution in [1.29, 1.82) is 0 Å². The minimum atomic E-state index is -0.0623. The number of hydrogen-bond donors (Lipinski definition) is 2. The van der Waals surface area contributed by atoms with Crippen molar-refractivity contribution in [1.82, 2.24) is 5.32 Å². The van der Waals surface area contributed by atoms with Gasteiger partial charge in [0.15, 0.2) is 0 Å². The molecule has 0 unspecified atom stereocenters. The fourth-order valence-electron chi connectivity index (χ4n) is 1.75. The van der Waals surface area contributed by atoms with Gasteiger partial charge in [0, 0.05) is 25.0 Å². The lowest BCUT2D eigenvalue weighted by Crippen LogP contribution is -2.23. The molecule has 4 heteroatoms. The van der Waals surface area contributed by atoms with E-state index in [1.807, 2.05) is 25.1 Å². The number of nitrogens with one attached hydrogen (secondary N) is 1. The summed E-state index contributed by atoms with van der Waals surface area (Å²) in [5.41, 5.74) is 3.47. The van der Waals surface area contributed by atoms with Crippen LogP contribution in [0.2, 0.25) is 0 Å². The van der Waals surface area contributed by atoms with E-state index in [1.54, 1.807) is 17.8 Å². The summed E-state index contributed by atoms with van der Waals surface area (Å²) in [4.78, 5) is 11.6. The lowest BCUT2D eigenvalue weighted by atomic mass is 10.1. The smallest absolute Gasteiger partial charge is 0.244 e. The van der Waals surface area contributed by atoms with Gasteiger partial charge in [-0.15, -0.1) is 0 Å². The lowest BCUT2D eigenvalue weighted by Gasteiger charge is -2.03. The summed E-state index contributed by atoms with van der Waals surface area (Å²) in [5.74, 6) is 1.75. The summed E-state index contributed by atoms with van der Waals surface area (Å²) in [6.45, 7) is 4.99. The Labute approximate surface area is 125 Å². The average Bonchev–Trinajstić information content (AvgIpc) is 2.41. The maximum absolute atomic E-state index is 11.6. The SMILES string of the molecule is Cc1ccc(/C=C/C(=O)NCCSCCCO)c(C)c1. The Kier molecular flexibility index (Phi) is 8.07. The molecule has 0 saturated heterocycles. The fraction of sp³-hybridized carbons (Fsp3) is 0.438. The molecule has 0 aliphatic carbocycles. The highest BCUT2D eigenvalue weighted by atomic mass is 32.2. The Morgan fingerprint density at radius 2 is 2.15 bits per heavy atom. The van der Waals surface area contributed by atoms with Crippen molar-refractivity contribution in [3.05, 3.63) is 41.0 Å². The first-order valence-electron chi connectivity index (χ1n) is 6.85. The number of aryl methyl sites for hydroxylation is 2. The van der Waals surface area contributed by atoms with E-state index in [1.165, 1.54) is 11.1 Å². The van der Waals surface area contributed by atoms with E-state index in [4.69, 9.17) is 5.11 Å². The van der Waals surface area contributed by atoms with Crippen molar-refractivity contribution in [3.8, 4) is 0 Å². The van der Waals surface area contributed by atoms with Gasteiger partial charge in [0.2, 0.25) is 5.91 Å². The monoisotopic (exact) mass is 293 g/mol. The third-order valence-electron chi connectivity index (χ3n) is 2.83. The summed E-state index contributed by atoms with van der Waals surface area (Å²) in [6.07, 6.45) is 4.24. The number of aliphatic hydroxyl groups excluding tert-OH is 1. The molecule has 0 atom stereocenters. The molecule has 0 heterocycles. The minimum Gasteiger partial charge on any atom is -0.396 e. The van der Waals surface area contributed by atoms with Gasteiger partial charge in [0.1, 0.15) is 0 Å². The van der Waals surface area contributed by atoms with E-state index >= 15 is 0 Å². The molecule has 0 saturated carbocycles. The predicted octanol–water partition coefficient (Wildman–Crippen LogP) is 2.55. The highest BCUT2D eigenvalue weighted by Gasteiger charge is 1.97. The molecule has 0 aliphatic heterocycles. The molecular formula is C16H23NO2S. The summed E-state index contributed by atoms with van der Waals surface area (Å²) in [7, 11) is 0. The first-order valence-corrected chi connectivity index (χ1v) is 8.00. The van der Waals surface area contributed by atoms with Gasteiger partial charge in [-0.25, -0.2) is 0 Å². The van der Waals surface area contributed by atoms with Crippen molar-refractivity contribution >= 4 is 23.7 Å². The maximum atomic E-state index is 11.6. The van der Waals surface area contributed by atoms with E-state index in [2.05, 4.69) is 18.3 Å². The number of carbonyl (C=O) groups is 1. The van der Waals surface area contributed by atoms with E-state index < -0.39 is 0 Å². The van der Waals surface area contributed by atoms with Gasteiger partial charge in [-0.1, -0.05) is 23.8 Å². The Morgan fingerprint density at radius 3 is 2.85 bits per heavy atom. The molecule has 1 rings (SSSR count). The quantitative estimate of drug-likeness (QED) is 0.572.